The number of benzene rings is 2. The van der Waals surface area contributed by atoms with Crippen molar-refractivity contribution in [2.45, 2.75) is 103 Å². The summed E-state index contributed by atoms with van der Waals surface area (Å²) in [5.41, 5.74) is 1.86. The molecule has 0 unspecified atom stereocenters. The van der Waals surface area contributed by atoms with E-state index in [-0.39, 0.29) is 17.7 Å². The van der Waals surface area contributed by atoms with E-state index in [0.29, 0.717) is 29.4 Å². The van der Waals surface area contributed by atoms with Crippen LogP contribution in [0.3, 0.4) is 0 Å². The molecule has 4 rings (SSSR count). The van der Waals surface area contributed by atoms with Crippen LogP contribution in [0.15, 0.2) is 30.3 Å². The van der Waals surface area contributed by atoms with Gasteiger partial charge in [0, 0.05) is 6.07 Å². The second-order valence-corrected chi connectivity index (χ2v) is 10.9. The van der Waals surface area contributed by atoms with Gasteiger partial charge in [-0.25, -0.2) is 13.2 Å². The van der Waals surface area contributed by atoms with Gasteiger partial charge < -0.3 is 4.74 Å². The van der Waals surface area contributed by atoms with Crippen LogP contribution in [0, 0.1) is 29.3 Å². The van der Waals surface area contributed by atoms with Crippen LogP contribution in [-0.2, 0) is 6.42 Å². The number of ether oxygens (including phenoxy) is 1. The van der Waals surface area contributed by atoms with Crippen LogP contribution in [0.1, 0.15) is 113 Å². The van der Waals surface area contributed by atoms with E-state index in [2.05, 4.69) is 13.8 Å². The molecule has 2 fully saturated rings. The minimum absolute atomic E-state index is 0.0564. The van der Waals surface area contributed by atoms with Crippen LogP contribution in [-0.4, -0.2) is 6.61 Å². The highest BCUT2D eigenvalue weighted by atomic mass is 19.2. The molecule has 2 aromatic carbocycles. The maximum absolute atomic E-state index is 15.1. The van der Waals surface area contributed by atoms with Gasteiger partial charge in [0.1, 0.15) is 11.6 Å². The summed E-state index contributed by atoms with van der Waals surface area (Å²) in [4.78, 5) is 0. The molecule has 2 saturated carbocycles. The SMILES string of the molecule is CCCCc1ccc(OCC2CCC(c3ccc(C4CCC(CC)CC4)c(F)c3F)CC2)cc1F. The van der Waals surface area contributed by atoms with Gasteiger partial charge in [0.15, 0.2) is 11.6 Å². The number of hydrogen-bond acceptors (Lipinski definition) is 1. The first kappa shape index (κ1) is 26.1. The fourth-order valence-corrected chi connectivity index (χ4v) is 6.13. The fraction of sp³-hybridized carbons (Fsp3) is 0.613. The lowest BCUT2D eigenvalue weighted by Crippen LogP contribution is -2.20. The lowest BCUT2D eigenvalue weighted by molar-refractivity contribution is 0.198. The van der Waals surface area contributed by atoms with Gasteiger partial charge in [0.05, 0.1) is 6.61 Å². The Kier molecular flexibility index (Phi) is 9.19. The van der Waals surface area contributed by atoms with Crippen molar-refractivity contribution in [1.82, 2.24) is 0 Å². The molecule has 4 heteroatoms. The maximum Gasteiger partial charge on any atom is 0.162 e. The van der Waals surface area contributed by atoms with Crippen molar-refractivity contribution in [1.29, 1.82) is 0 Å². The Hall–Kier alpha value is -1.97. The lowest BCUT2D eigenvalue weighted by atomic mass is 9.76. The monoisotopic (exact) mass is 486 g/mol. The van der Waals surface area contributed by atoms with Crippen LogP contribution >= 0.6 is 0 Å². The molecule has 2 aliphatic rings. The smallest absolute Gasteiger partial charge is 0.162 e. The Labute approximate surface area is 209 Å². The molecule has 0 heterocycles. The van der Waals surface area contributed by atoms with Crippen LogP contribution in [0.4, 0.5) is 13.2 Å². The molecular formula is C31H41F3O. The van der Waals surface area contributed by atoms with Crippen LogP contribution < -0.4 is 4.74 Å². The lowest BCUT2D eigenvalue weighted by Gasteiger charge is -2.31. The van der Waals surface area contributed by atoms with Gasteiger partial charge in [-0.2, -0.15) is 0 Å². The van der Waals surface area contributed by atoms with Gasteiger partial charge in [0.25, 0.3) is 0 Å². The van der Waals surface area contributed by atoms with Crippen molar-refractivity contribution in [3.63, 3.8) is 0 Å². The summed E-state index contributed by atoms with van der Waals surface area (Å²) in [5.74, 6) is 0.439. The Balaban J connectivity index is 1.29. The van der Waals surface area contributed by atoms with Crippen molar-refractivity contribution in [3.05, 3.63) is 64.5 Å². The molecule has 1 nitrogen and oxygen atoms in total. The normalized spacial score (nSPS) is 24.9. The molecule has 0 spiro atoms. The van der Waals surface area contributed by atoms with E-state index in [1.807, 2.05) is 24.3 Å². The summed E-state index contributed by atoms with van der Waals surface area (Å²) in [6.45, 7) is 4.85. The third-order valence-electron chi connectivity index (χ3n) is 8.60. The van der Waals surface area contributed by atoms with E-state index in [1.165, 1.54) is 12.5 Å². The fourth-order valence-electron chi connectivity index (χ4n) is 6.13. The highest BCUT2D eigenvalue weighted by Crippen LogP contribution is 2.42. The minimum atomic E-state index is -0.626. The highest BCUT2D eigenvalue weighted by Gasteiger charge is 2.29. The summed E-state index contributed by atoms with van der Waals surface area (Å²) in [6, 6.07) is 8.88. The summed E-state index contributed by atoms with van der Waals surface area (Å²) in [6.07, 6.45) is 11.6. The summed E-state index contributed by atoms with van der Waals surface area (Å²) < 4.78 is 50.4. The number of aryl methyl sites for hydroxylation is 1. The van der Waals surface area contributed by atoms with E-state index in [9.17, 15) is 4.39 Å². The zero-order valence-corrected chi connectivity index (χ0v) is 21.4. The number of rotatable bonds is 9. The third kappa shape index (κ3) is 6.43. The Morgan fingerprint density at radius 1 is 0.743 bits per heavy atom. The zero-order chi connectivity index (χ0) is 24.8. The van der Waals surface area contributed by atoms with Crippen LogP contribution in [0.25, 0.3) is 0 Å². The molecular weight excluding hydrogens is 445 g/mol. The average molecular weight is 487 g/mol. The van der Waals surface area contributed by atoms with Gasteiger partial charge in [-0.3, -0.25) is 0 Å². The summed E-state index contributed by atoms with van der Waals surface area (Å²) >= 11 is 0. The second-order valence-electron chi connectivity index (χ2n) is 10.9. The van der Waals surface area contributed by atoms with Gasteiger partial charge in [-0.1, -0.05) is 44.9 Å². The highest BCUT2D eigenvalue weighted by molar-refractivity contribution is 5.32. The average Bonchev–Trinajstić information content (AvgIpc) is 2.89. The largest absolute Gasteiger partial charge is 0.493 e. The van der Waals surface area contributed by atoms with E-state index < -0.39 is 11.6 Å². The molecule has 0 bridgehead atoms. The van der Waals surface area contributed by atoms with Gasteiger partial charge in [-0.05, 0) is 111 Å². The predicted molar refractivity (Wildman–Crippen MR) is 137 cm³/mol. The van der Waals surface area contributed by atoms with Gasteiger partial charge in [-0.15, -0.1) is 0 Å². The standard InChI is InChI=1S/C31H41F3O/c1-3-5-6-25-15-16-26(19-29(25)32)35-20-22-9-13-24(14-10-22)28-18-17-27(30(33)31(28)34)23-11-7-21(4-2)8-12-23/h15-19,21-24H,3-14,20H2,1-2H3. The van der Waals surface area contributed by atoms with E-state index in [4.69, 9.17) is 4.74 Å². The molecule has 0 aliphatic heterocycles. The molecule has 0 saturated heterocycles. The van der Waals surface area contributed by atoms with Crippen molar-refractivity contribution in [3.8, 4) is 5.75 Å². The number of halogens is 3. The molecule has 2 aliphatic carbocycles. The second kappa shape index (κ2) is 12.3. The Bertz CT molecular complexity index is 956. The molecule has 35 heavy (non-hydrogen) atoms. The Morgan fingerprint density at radius 2 is 1.31 bits per heavy atom. The predicted octanol–water partition coefficient (Wildman–Crippen LogP) is 9.48. The first-order valence-corrected chi connectivity index (χ1v) is 13.9. The topological polar surface area (TPSA) is 9.23 Å². The van der Waals surface area contributed by atoms with Gasteiger partial charge >= 0.3 is 0 Å². The molecule has 0 amide bonds. The number of unbranched alkanes of at least 4 members (excludes halogenated alkanes) is 1. The van der Waals surface area contributed by atoms with E-state index >= 15 is 8.78 Å². The van der Waals surface area contributed by atoms with E-state index in [1.54, 1.807) is 0 Å². The Morgan fingerprint density at radius 3 is 1.83 bits per heavy atom. The van der Waals surface area contributed by atoms with Crippen molar-refractivity contribution in [2.24, 2.45) is 11.8 Å². The van der Waals surface area contributed by atoms with Crippen LogP contribution in [0.2, 0.25) is 0 Å². The third-order valence-corrected chi connectivity index (χ3v) is 8.60. The first-order chi connectivity index (χ1) is 17.0. The van der Waals surface area contributed by atoms with Crippen molar-refractivity contribution < 1.29 is 17.9 Å². The van der Waals surface area contributed by atoms with Gasteiger partial charge in [0.2, 0.25) is 0 Å². The quantitative estimate of drug-likeness (QED) is 0.343. The minimum Gasteiger partial charge on any atom is -0.493 e. The molecule has 0 atom stereocenters. The van der Waals surface area contributed by atoms with Crippen molar-refractivity contribution >= 4 is 0 Å². The zero-order valence-electron chi connectivity index (χ0n) is 21.4. The summed E-state index contributed by atoms with van der Waals surface area (Å²) in [5, 5.41) is 0. The molecule has 2 aromatic rings. The molecule has 0 aromatic heterocycles. The van der Waals surface area contributed by atoms with Crippen molar-refractivity contribution in [2.75, 3.05) is 6.61 Å². The molecule has 192 valence electrons. The summed E-state index contributed by atoms with van der Waals surface area (Å²) in [7, 11) is 0. The van der Waals surface area contributed by atoms with Crippen LogP contribution in [0.5, 0.6) is 5.75 Å². The number of hydrogen-bond donors (Lipinski definition) is 0. The maximum atomic E-state index is 15.1. The first-order valence-electron chi connectivity index (χ1n) is 13.9. The van der Waals surface area contributed by atoms with E-state index in [0.717, 1.165) is 82.1 Å². The molecule has 0 radical (unpaired) electrons. The molecule has 0 N–H and O–H groups in total.